The maximum absolute atomic E-state index is 12.4. The van der Waals surface area contributed by atoms with Crippen molar-refractivity contribution in [2.75, 3.05) is 20.3 Å². The number of rotatable bonds is 3. The van der Waals surface area contributed by atoms with Crippen molar-refractivity contribution in [1.29, 1.82) is 0 Å². The first-order chi connectivity index (χ1) is 10.2. The van der Waals surface area contributed by atoms with E-state index in [9.17, 15) is 4.79 Å². The van der Waals surface area contributed by atoms with Gasteiger partial charge in [-0.2, -0.15) is 0 Å². The monoisotopic (exact) mass is 287 g/mol. The van der Waals surface area contributed by atoms with Crippen molar-refractivity contribution in [2.24, 2.45) is 0 Å². The summed E-state index contributed by atoms with van der Waals surface area (Å²) < 4.78 is 11.2. The Morgan fingerprint density at radius 2 is 2.14 bits per heavy atom. The number of carbonyl (C=O) groups excluding carboxylic acids is 1. The molecule has 6 heteroatoms. The van der Waals surface area contributed by atoms with Crippen LogP contribution in [0.2, 0.25) is 0 Å². The fourth-order valence-electron chi connectivity index (χ4n) is 2.20. The van der Waals surface area contributed by atoms with Crippen LogP contribution in [0.25, 0.3) is 0 Å². The lowest BCUT2D eigenvalue weighted by molar-refractivity contribution is 0.0781. The summed E-state index contributed by atoms with van der Waals surface area (Å²) in [7, 11) is 1.74. The highest BCUT2D eigenvalue weighted by atomic mass is 16.5. The molecule has 2 aromatic rings. The highest BCUT2D eigenvalue weighted by molar-refractivity contribution is 5.94. The van der Waals surface area contributed by atoms with Crippen molar-refractivity contribution < 1.29 is 14.3 Å². The van der Waals surface area contributed by atoms with E-state index in [1.54, 1.807) is 42.5 Å². The van der Waals surface area contributed by atoms with Crippen LogP contribution in [0, 0.1) is 0 Å². The van der Waals surface area contributed by atoms with Crippen LogP contribution in [0.5, 0.6) is 11.5 Å². The summed E-state index contributed by atoms with van der Waals surface area (Å²) in [6, 6.07) is 5.28. The highest BCUT2D eigenvalue weighted by Crippen LogP contribution is 2.30. The molecule has 0 atom stereocenters. The first-order valence-electron chi connectivity index (χ1n) is 6.87. The van der Waals surface area contributed by atoms with Crippen LogP contribution < -0.4 is 9.47 Å². The molecule has 0 bridgehead atoms. The molecule has 6 nitrogen and oxygen atoms in total. The molecular weight excluding hydrogens is 270 g/mol. The van der Waals surface area contributed by atoms with Gasteiger partial charge >= 0.3 is 0 Å². The Kier molecular flexibility index (Phi) is 3.77. The SMILES string of the molecule is CN(Cc1ncc[nH]1)C(=O)c1ccc2c(c1)OCCCO2. The van der Waals surface area contributed by atoms with Gasteiger partial charge in [0.25, 0.3) is 5.91 Å². The van der Waals surface area contributed by atoms with Crippen molar-refractivity contribution >= 4 is 5.91 Å². The second kappa shape index (κ2) is 5.87. The number of aromatic nitrogens is 2. The maximum Gasteiger partial charge on any atom is 0.254 e. The number of imidazole rings is 1. The summed E-state index contributed by atoms with van der Waals surface area (Å²) in [6.07, 6.45) is 4.25. The van der Waals surface area contributed by atoms with Gasteiger partial charge in [0.05, 0.1) is 19.8 Å². The Morgan fingerprint density at radius 1 is 1.33 bits per heavy atom. The van der Waals surface area contributed by atoms with Crippen LogP contribution in [0.4, 0.5) is 0 Å². The molecule has 0 saturated carbocycles. The van der Waals surface area contributed by atoms with E-state index in [1.165, 1.54) is 0 Å². The molecule has 0 unspecified atom stereocenters. The Labute approximate surface area is 122 Å². The normalized spacial score (nSPS) is 13.6. The topological polar surface area (TPSA) is 67.5 Å². The molecular formula is C15H17N3O3. The molecule has 1 aliphatic rings. The second-order valence-electron chi connectivity index (χ2n) is 4.91. The Hall–Kier alpha value is -2.50. The fraction of sp³-hybridized carbons (Fsp3) is 0.333. The van der Waals surface area contributed by atoms with Crippen LogP contribution >= 0.6 is 0 Å². The van der Waals surface area contributed by atoms with Crippen LogP contribution in [-0.2, 0) is 6.54 Å². The molecule has 3 rings (SSSR count). The van der Waals surface area contributed by atoms with Crippen molar-refractivity contribution in [1.82, 2.24) is 14.9 Å². The summed E-state index contributed by atoms with van der Waals surface area (Å²) >= 11 is 0. The van der Waals surface area contributed by atoms with E-state index in [4.69, 9.17) is 9.47 Å². The smallest absolute Gasteiger partial charge is 0.254 e. The van der Waals surface area contributed by atoms with E-state index in [-0.39, 0.29) is 5.91 Å². The number of amides is 1. The quantitative estimate of drug-likeness (QED) is 0.935. The standard InChI is InChI=1S/C15H17N3O3/c1-18(10-14-16-5-6-17-14)15(19)11-3-4-12-13(9-11)21-8-2-7-20-12/h3-6,9H,2,7-8,10H2,1H3,(H,16,17). The van der Waals surface area contributed by atoms with E-state index in [1.807, 2.05) is 0 Å². The number of hydrogen-bond donors (Lipinski definition) is 1. The van der Waals surface area contributed by atoms with Gasteiger partial charge in [-0.05, 0) is 18.2 Å². The summed E-state index contributed by atoms with van der Waals surface area (Å²) in [5.74, 6) is 1.99. The van der Waals surface area contributed by atoms with Crippen molar-refractivity contribution in [3.8, 4) is 11.5 Å². The average molecular weight is 287 g/mol. The van der Waals surface area contributed by atoms with Gasteiger partial charge in [0.2, 0.25) is 0 Å². The molecule has 0 fully saturated rings. The molecule has 1 N–H and O–H groups in total. The second-order valence-corrected chi connectivity index (χ2v) is 4.91. The minimum atomic E-state index is -0.0814. The molecule has 110 valence electrons. The lowest BCUT2D eigenvalue weighted by atomic mass is 10.1. The Morgan fingerprint density at radius 3 is 2.90 bits per heavy atom. The number of aromatic amines is 1. The highest BCUT2D eigenvalue weighted by Gasteiger charge is 2.17. The third kappa shape index (κ3) is 2.99. The third-order valence-electron chi connectivity index (χ3n) is 3.28. The summed E-state index contributed by atoms with van der Waals surface area (Å²) in [5.41, 5.74) is 0.577. The molecule has 0 aliphatic carbocycles. The van der Waals surface area contributed by atoms with E-state index in [2.05, 4.69) is 9.97 Å². The number of nitrogens with one attached hydrogen (secondary N) is 1. The van der Waals surface area contributed by atoms with Crippen LogP contribution in [-0.4, -0.2) is 41.0 Å². The van der Waals surface area contributed by atoms with Gasteiger partial charge in [-0.3, -0.25) is 4.79 Å². The van der Waals surface area contributed by atoms with Crippen molar-refractivity contribution in [2.45, 2.75) is 13.0 Å². The fourth-order valence-corrected chi connectivity index (χ4v) is 2.20. The Balaban J connectivity index is 1.76. The van der Waals surface area contributed by atoms with Gasteiger partial charge in [-0.1, -0.05) is 0 Å². The van der Waals surface area contributed by atoms with E-state index < -0.39 is 0 Å². The summed E-state index contributed by atoms with van der Waals surface area (Å²) in [5, 5.41) is 0. The van der Waals surface area contributed by atoms with E-state index >= 15 is 0 Å². The van der Waals surface area contributed by atoms with Crippen molar-refractivity contribution in [3.05, 3.63) is 42.0 Å². The summed E-state index contributed by atoms with van der Waals surface area (Å²) in [4.78, 5) is 21.1. The molecule has 1 aliphatic heterocycles. The molecule has 2 heterocycles. The molecule has 0 spiro atoms. The number of nitrogens with zero attached hydrogens (tertiary/aromatic N) is 2. The van der Waals surface area contributed by atoms with E-state index in [0.29, 0.717) is 36.8 Å². The predicted octanol–water partition coefficient (Wildman–Crippen LogP) is 1.84. The number of hydrogen-bond acceptors (Lipinski definition) is 4. The van der Waals surface area contributed by atoms with Gasteiger partial charge in [0.1, 0.15) is 5.82 Å². The molecule has 21 heavy (non-hydrogen) atoms. The predicted molar refractivity (Wildman–Crippen MR) is 76.4 cm³/mol. The average Bonchev–Trinajstić information content (AvgIpc) is 2.89. The lowest BCUT2D eigenvalue weighted by Gasteiger charge is -2.17. The van der Waals surface area contributed by atoms with Gasteiger partial charge in [0.15, 0.2) is 11.5 Å². The Bertz CT molecular complexity index is 625. The van der Waals surface area contributed by atoms with Crippen LogP contribution in [0.15, 0.2) is 30.6 Å². The maximum atomic E-state index is 12.4. The minimum Gasteiger partial charge on any atom is -0.490 e. The van der Waals surface area contributed by atoms with Crippen LogP contribution in [0.3, 0.4) is 0 Å². The number of benzene rings is 1. The van der Waals surface area contributed by atoms with Crippen molar-refractivity contribution in [3.63, 3.8) is 0 Å². The molecule has 0 saturated heterocycles. The lowest BCUT2D eigenvalue weighted by Crippen LogP contribution is -2.26. The number of ether oxygens (including phenoxy) is 2. The first kappa shape index (κ1) is 13.5. The van der Waals surface area contributed by atoms with Crippen LogP contribution in [0.1, 0.15) is 22.6 Å². The summed E-state index contributed by atoms with van der Waals surface area (Å²) in [6.45, 7) is 1.67. The zero-order chi connectivity index (χ0) is 14.7. The first-order valence-corrected chi connectivity index (χ1v) is 6.87. The molecule has 1 aromatic heterocycles. The van der Waals surface area contributed by atoms with E-state index in [0.717, 1.165) is 12.2 Å². The third-order valence-corrected chi connectivity index (χ3v) is 3.28. The van der Waals surface area contributed by atoms with Gasteiger partial charge in [-0.25, -0.2) is 4.98 Å². The number of fused-ring (bicyclic) bond motifs is 1. The molecule has 1 aromatic carbocycles. The minimum absolute atomic E-state index is 0.0814. The zero-order valence-electron chi connectivity index (χ0n) is 11.8. The van der Waals surface area contributed by atoms with Gasteiger partial charge in [0, 0.05) is 31.4 Å². The zero-order valence-corrected chi connectivity index (χ0v) is 11.8. The van der Waals surface area contributed by atoms with Gasteiger partial charge in [-0.15, -0.1) is 0 Å². The molecule has 0 radical (unpaired) electrons. The number of H-pyrrole nitrogens is 1. The van der Waals surface area contributed by atoms with Gasteiger partial charge < -0.3 is 19.4 Å². The largest absolute Gasteiger partial charge is 0.490 e. The molecule has 1 amide bonds. The number of carbonyl (C=O) groups is 1.